The van der Waals surface area contributed by atoms with Crippen LogP contribution in [0.4, 0.5) is 0 Å². The van der Waals surface area contributed by atoms with Gasteiger partial charge in [-0.2, -0.15) is 0 Å². The van der Waals surface area contributed by atoms with E-state index >= 15 is 0 Å². The Hall–Kier alpha value is -1.39. The molecule has 2 saturated carbocycles. The molecule has 3 aliphatic rings. The van der Waals surface area contributed by atoms with Crippen molar-refractivity contribution in [2.45, 2.75) is 36.8 Å². The molecule has 2 N–H and O–H groups in total. The van der Waals surface area contributed by atoms with Crippen LogP contribution in [0.25, 0.3) is 21.8 Å². The molecule has 22 heavy (non-hydrogen) atoms. The van der Waals surface area contributed by atoms with E-state index in [9.17, 15) is 0 Å². The lowest BCUT2D eigenvalue weighted by molar-refractivity contribution is 0.453. The van der Waals surface area contributed by atoms with E-state index in [1.165, 1.54) is 36.5 Å². The Morgan fingerprint density at radius 1 is 1.14 bits per heavy atom. The fourth-order valence-corrected chi connectivity index (χ4v) is 4.92. The fraction of sp³-hybridized carbons (Fsp3) is 0.389. The Balaban J connectivity index is 1.55. The highest BCUT2D eigenvalue weighted by molar-refractivity contribution is 9.10. The Bertz CT molecular complexity index is 956. The van der Waals surface area contributed by atoms with Crippen LogP contribution < -0.4 is 5.32 Å². The average molecular weight is 354 g/mol. The summed E-state index contributed by atoms with van der Waals surface area (Å²) in [5.41, 5.74) is 2.88. The van der Waals surface area contributed by atoms with Crippen LogP contribution in [0.3, 0.4) is 0 Å². The van der Waals surface area contributed by atoms with Gasteiger partial charge in [0.1, 0.15) is 5.82 Å². The van der Waals surface area contributed by atoms with Crippen LogP contribution in [-0.2, 0) is 5.54 Å². The van der Waals surface area contributed by atoms with Gasteiger partial charge in [0.15, 0.2) is 0 Å². The van der Waals surface area contributed by atoms with Crippen LogP contribution in [0.5, 0.6) is 0 Å². The molecular formula is C18H16BrN3. The molecule has 0 bridgehead atoms. The zero-order valence-corrected chi connectivity index (χ0v) is 13.7. The van der Waals surface area contributed by atoms with E-state index in [4.69, 9.17) is 4.98 Å². The Kier molecular flexibility index (Phi) is 1.96. The van der Waals surface area contributed by atoms with E-state index in [0.29, 0.717) is 5.54 Å². The molecule has 4 heteroatoms. The van der Waals surface area contributed by atoms with Crippen LogP contribution in [0.2, 0.25) is 0 Å². The van der Waals surface area contributed by atoms with Gasteiger partial charge in [-0.1, -0.05) is 28.1 Å². The normalized spacial score (nSPS) is 31.0. The van der Waals surface area contributed by atoms with E-state index in [1.807, 2.05) is 0 Å². The van der Waals surface area contributed by atoms with Crippen molar-refractivity contribution >= 4 is 37.7 Å². The lowest BCUT2D eigenvalue weighted by Crippen LogP contribution is -2.35. The lowest BCUT2D eigenvalue weighted by Gasteiger charge is -2.16. The third-order valence-corrected chi connectivity index (χ3v) is 6.43. The highest BCUT2D eigenvalue weighted by Crippen LogP contribution is 2.66. The van der Waals surface area contributed by atoms with Gasteiger partial charge in [0.2, 0.25) is 0 Å². The molecule has 1 spiro atoms. The molecule has 2 unspecified atom stereocenters. The zero-order valence-electron chi connectivity index (χ0n) is 12.1. The summed E-state index contributed by atoms with van der Waals surface area (Å²) in [4.78, 5) is 8.63. The number of hydrogen-bond acceptors (Lipinski definition) is 2. The smallest absolute Gasteiger partial charge is 0.127 e. The molecule has 1 aromatic heterocycles. The van der Waals surface area contributed by atoms with Gasteiger partial charge in [0.05, 0.1) is 16.6 Å². The summed E-state index contributed by atoms with van der Waals surface area (Å²) in [5, 5.41) is 6.40. The summed E-state index contributed by atoms with van der Waals surface area (Å²) >= 11 is 3.55. The second kappa shape index (κ2) is 3.57. The van der Waals surface area contributed by atoms with Gasteiger partial charge in [0.25, 0.3) is 0 Å². The van der Waals surface area contributed by atoms with E-state index in [0.717, 1.165) is 27.2 Å². The average Bonchev–Trinajstić information content (AvgIpc) is 3.30. The fourth-order valence-electron chi connectivity index (χ4n) is 4.54. The van der Waals surface area contributed by atoms with Crippen LogP contribution >= 0.6 is 15.9 Å². The minimum atomic E-state index is 0.150. The van der Waals surface area contributed by atoms with E-state index in [-0.39, 0.29) is 5.54 Å². The van der Waals surface area contributed by atoms with Crippen molar-refractivity contribution in [3.05, 3.63) is 40.6 Å². The highest BCUT2D eigenvalue weighted by Gasteiger charge is 2.70. The number of piperidine rings is 1. The van der Waals surface area contributed by atoms with Gasteiger partial charge in [0, 0.05) is 15.4 Å². The quantitative estimate of drug-likeness (QED) is 0.687. The van der Waals surface area contributed by atoms with Gasteiger partial charge in [-0.25, -0.2) is 4.98 Å². The van der Waals surface area contributed by atoms with Crippen molar-refractivity contribution in [2.75, 3.05) is 0 Å². The first kappa shape index (κ1) is 12.1. The number of halogens is 1. The van der Waals surface area contributed by atoms with Crippen LogP contribution in [-0.4, -0.2) is 15.5 Å². The molecule has 2 aliphatic carbocycles. The SMILES string of the molecule is Brc1ccc2c(ccc3[nH]c(C45CC4CC4(CC4)N5)nc32)c1. The molecule has 1 aliphatic heterocycles. The Labute approximate surface area is 136 Å². The van der Waals surface area contributed by atoms with Crippen LogP contribution in [0, 0.1) is 5.92 Å². The predicted octanol–water partition coefficient (Wildman–Crippen LogP) is 4.22. The molecule has 3 nitrogen and oxygen atoms in total. The Morgan fingerprint density at radius 2 is 2.05 bits per heavy atom. The number of nitrogens with zero attached hydrogens (tertiary/aromatic N) is 1. The van der Waals surface area contributed by atoms with E-state index < -0.39 is 0 Å². The van der Waals surface area contributed by atoms with Crippen molar-refractivity contribution < 1.29 is 0 Å². The molecular weight excluding hydrogens is 338 g/mol. The van der Waals surface area contributed by atoms with Gasteiger partial charge < -0.3 is 4.98 Å². The summed E-state index contributed by atoms with van der Waals surface area (Å²) in [5.74, 6) is 1.95. The highest BCUT2D eigenvalue weighted by atomic mass is 79.9. The largest absolute Gasteiger partial charge is 0.340 e. The molecule has 1 saturated heterocycles. The van der Waals surface area contributed by atoms with Crippen molar-refractivity contribution in [2.24, 2.45) is 5.92 Å². The third-order valence-electron chi connectivity index (χ3n) is 5.94. The van der Waals surface area contributed by atoms with Crippen LogP contribution in [0.1, 0.15) is 31.5 Å². The number of imidazole rings is 1. The molecule has 2 heterocycles. The summed E-state index contributed by atoms with van der Waals surface area (Å²) in [6.45, 7) is 0. The van der Waals surface area contributed by atoms with E-state index in [2.05, 4.69) is 56.6 Å². The number of aromatic nitrogens is 2. The van der Waals surface area contributed by atoms with Gasteiger partial charge in [-0.3, -0.25) is 5.32 Å². The minimum Gasteiger partial charge on any atom is -0.340 e. The van der Waals surface area contributed by atoms with Gasteiger partial charge in [-0.05, 0) is 55.2 Å². The lowest BCUT2D eigenvalue weighted by atomic mass is 10.1. The van der Waals surface area contributed by atoms with Crippen molar-refractivity contribution in [3.63, 3.8) is 0 Å². The second-order valence-corrected chi connectivity index (χ2v) is 8.31. The summed E-state index contributed by atoms with van der Waals surface area (Å²) in [6, 6.07) is 10.8. The maximum absolute atomic E-state index is 5.03. The number of aromatic amines is 1. The maximum atomic E-state index is 5.03. The minimum absolute atomic E-state index is 0.150. The molecule has 3 aromatic rings. The summed E-state index contributed by atoms with van der Waals surface area (Å²) in [6.07, 6.45) is 5.29. The van der Waals surface area contributed by atoms with Gasteiger partial charge >= 0.3 is 0 Å². The molecule has 2 atom stereocenters. The number of benzene rings is 2. The Morgan fingerprint density at radius 3 is 2.86 bits per heavy atom. The number of hydrogen-bond donors (Lipinski definition) is 2. The maximum Gasteiger partial charge on any atom is 0.127 e. The number of nitrogens with one attached hydrogen (secondary N) is 2. The first-order chi connectivity index (χ1) is 10.7. The number of H-pyrrole nitrogens is 1. The molecule has 0 amide bonds. The van der Waals surface area contributed by atoms with Gasteiger partial charge in [-0.15, -0.1) is 0 Å². The molecule has 3 fully saturated rings. The van der Waals surface area contributed by atoms with Crippen LogP contribution in [0.15, 0.2) is 34.8 Å². The first-order valence-corrected chi connectivity index (χ1v) is 8.85. The van der Waals surface area contributed by atoms with Crippen molar-refractivity contribution in [1.82, 2.24) is 15.3 Å². The standard InChI is InChI=1S/C18H16BrN3/c19-12-2-3-13-10(7-12)1-4-14-15(13)21-16(20-14)18-9-11(18)8-17(22-18)5-6-17/h1-4,7,11,22H,5-6,8-9H2,(H,20,21). The van der Waals surface area contributed by atoms with Crippen molar-refractivity contribution in [1.29, 1.82) is 0 Å². The topological polar surface area (TPSA) is 40.7 Å². The summed E-state index contributed by atoms with van der Waals surface area (Å²) < 4.78 is 1.11. The summed E-state index contributed by atoms with van der Waals surface area (Å²) in [7, 11) is 0. The number of fused-ring (bicyclic) bond motifs is 4. The number of rotatable bonds is 1. The molecule has 110 valence electrons. The zero-order chi connectivity index (χ0) is 14.5. The predicted molar refractivity (Wildman–Crippen MR) is 90.8 cm³/mol. The second-order valence-electron chi connectivity index (χ2n) is 7.39. The first-order valence-electron chi connectivity index (χ1n) is 8.05. The molecule has 0 radical (unpaired) electrons. The van der Waals surface area contributed by atoms with E-state index in [1.54, 1.807) is 0 Å². The monoisotopic (exact) mass is 353 g/mol. The molecule has 2 aromatic carbocycles. The third kappa shape index (κ3) is 1.43. The molecule has 6 rings (SSSR count). The van der Waals surface area contributed by atoms with Crippen molar-refractivity contribution in [3.8, 4) is 0 Å².